The van der Waals surface area contributed by atoms with E-state index >= 15 is 0 Å². The SMILES string of the molecule is CC(C)(C)C1(Oc2cc(Cl)ccc2I)CC1.O=CO. The number of halogens is 2. The van der Waals surface area contributed by atoms with Crippen LogP contribution < -0.4 is 4.74 Å². The molecule has 0 aromatic heterocycles. The highest BCUT2D eigenvalue weighted by atomic mass is 127. The van der Waals surface area contributed by atoms with Gasteiger partial charge in [0.05, 0.1) is 3.57 Å². The van der Waals surface area contributed by atoms with E-state index < -0.39 is 0 Å². The zero-order valence-corrected chi connectivity index (χ0v) is 14.2. The molecule has 2 rings (SSSR count). The molecule has 1 aliphatic carbocycles. The Hall–Kier alpha value is -0.490. The predicted molar refractivity (Wildman–Crippen MR) is 84.9 cm³/mol. The van der Waals surface area contributed by atoms with Crippen LogP contribution in [0.5, 0.6) is 5.75 Å². The Morgan fingerprint density at radius 1 is 1.42 bits per heavy atom. The summed E-state index contributed by atoms with van der Waals surface area (Å²) >= 11 is 8.29. The molecule has 1 saturated carbocycles. The topological polar surface area (TPSA) is 46.5 Å². The molecular weight excluding hydrogens is 379 g/mol. The number of benzene rings is 1. The molecule has 1 aromatic carbocycles. The quantitative estimate of drug-likeness (QED) is 0.587. The number of hydrogen-bond donors (Lipinski definition) is 1. The molecule has 1 fully saturated rings. The summed E-state index contributed by atoms with van der Waals surface area (Å²) in [6, 6.07) is 5.80. The molecule has 19 heavy (non-hydrogen) atoms. The van der Waals surface area contributed by atoms with Gasteiger partial charge in [-0.05, 0) is 53.6 Å². The van der Waals surface area contributed by atoms with Crippen molar-refractivity contribution in [3.8, 4) is 5.75 Å². The fraction of sp³-hybridized carbons (Fsp3) is 0.500. The summed E-state index contributed by atoms with van der Waals surface area (Å²) in [4.78, 5) is 8.36. The van der Waals surface area contributed by atoms with E-state index in [4.69, 9.17) is 26.2 Å². The Morgan fingerprint density at radius 3 is 2.37 bits per heavy atom. The van der Waals surface area contributed by atoms with Crippen molar-refractivity contribution in [1.29, 1.82) is 0 Å². The highest BCUT2D eigenvalue weighted by molar-refractivity contribution is 14.1. The van der Waals surface area contributed by atoms with Gasteiger partial charge in [-0.15, -0.1) is 0 Å². The van der Waals surface area contributed by atoms with Gasteiger partial charge in [-0.2, -0.15) is 0 Å². The summed E-state index contributed by atoms with van der Waals surface area (Å²) in [6.07, 6.45) is 2.28. The maximum Gasteiger partial charge on any atom is 0.290 e. The van der Waals surface area contributed by atoms with Gasteiger partial charge < -0.3 is 9.84 Å². The van der Waals surface area contributed by atoms with Crippen molar-refractivity contribution in [2.24, 2.45) is 5.41 Å². The maximum absolute atomic E-state index is 8.36. The van der Waals surface area contributed by atoms with E-state index in [1.54, 1.807) is 0 Å². The van der Waals surface area contributed by atoms with Crippen molar-refractivity contribution in [3.63, 3.8) is 0 Å². The highest BCUT2D eigenvalue weighted by Gasteiger charge is 2.54. The minimum absolute atomic E-state index is 0.0115. The van der Waals surface area contributed by atoms with Gasteiger partial charge in [-0.25, -0.2) is 0 Å². The molecule has 106 valence electrons. The van der Waals surface area contributed by atoms with E-state index in [0.29, 0.717) is 0 Å². The average molecular weight is 397 g/mol. The second-order valence-electron chi connectivity index (χ2n) is 5.53. The number of carbonyl (C=O) groups is 1. The van der Waals surface area contributed by atoms with Crippen molar-refractivity contribution in [2.75, 3.05) is 0 Å². The molecule has 0 spiro atoms. The molecule has 0 atom stereocenters. The first-order chi connectivity index (χ1) is 8.75. The van der Waals surface area contributed by atoms with Crippen molar-refractivity contribution >= 4 is 40.7 Å². The number of hydrogen-bond acceptors (Lipinski definition) is 2. The summed E-state index contributed by atoms with van der Waals surface area (Å²) in [5.74, 6) is 0.917. The molecular formula is C14H18ClIO3. The number of rotatable bonds is 2. The summed E-state index contributed by atoms with van der Waals surface area (Å²) in [5, 5.41) is 7.63. The zero-order chi connectivity index (χ0) is 14.7. The molecule has 1 aliphatic rings. The van der Waals surface area contributed by atoms with Gasteiger partial charge in [0.2, 0.25) is 0 Å². The molecule has 0 aliphatic heterocycles. The Kier molecular flexibility index (Phi) is 5.50. The van der Waals surface area contributed by atoms with Gasteiger partial charge in [0.15, 0.2) is 0 Å². The average Bonchev–Trinajstić information content (AvgIpc) is 3.05. The standard InChI is InChI=1S/C13H16ClIO.CH2O2/c1-12(2,3)13(6-7-13)16-11-8-9(14)4-5-10(11)15;2-1-3/h4-5,8H,6-7H2,1-3H3;1H,(H,2,3). The molecule has 5 heteroatoms. The van der Waals surface area contributed by atoms with Crippen molar-refractivity contribution < 1.29 is 14.6 Å². The van der Waals surface area contributed by atoms with Crippen LogP contribution in [0, 0.1) is 8.99 Å². The summed E-state index contributed by atoms with van der Waals surface area (Å²) in [7, 11) is 0. The van der Waals surface area contributed by atoms with Gasteiger partial charge in [-0.3, -0.25) is 4.79 Å². The molecule has 0 saturated heterocycles. The Bertz CT molecular complexity index is 450. The normalized spacial score (nSPS) is 16.1. The van der Waals surface area contributed by atoms with Crippen LogP contribution in [-0.2, 0) is 4.79 Å². The molecule has 0 heterocycles. The van der Waals surface area contributed by atoms with Crippen LogP contribution in [0.3, 0.4) is 0 Å². The first kappa shape index (κ1) is 16.6. The van der Waals surface area contributed by atoms with E-state index in [9.17, 15) is 0 Å². The summed E-state index contributed by atoms with van der Waals surface area (Å²) in [6.45, 7) is 6.45. The Morgan fingerprint density at radius 2 is 1.95 bits per heavy atom. The zero-order valence-electron chi connectivity index (χ0n) is 11.2. The summed E-state index contributed by atoms with van der Waals surface area (Å²) in [5.41, 5.74) is 0.190. The highest BCUT2D eigenvalue weighted by Crippen LogP contribution is 2.53. The van der Waals surface area contributed by atoms with Crippen LogP contribution >= 0.6 is 34.2 Å². The van der Waals surface area contributed by atoms with E-state index in [2.05, 4.69) is 43.4 Å². The van der Waals surface area contributed by atoms with E-state index in [-0.39, 0.29) is 17.5 Å². The summed E-state index contributed by atoms with van der Waals surface area (Å²) < 4.78 is 7.32. The van der Waals surface area contributed by atoms with Crippen molar-refractivity contribution in [3.05, 3.63) is 26.8 Å². The van der Waals surface area contributed by atoms with E-state index in [1.165, 1.54) is 0 Å². The van der Waals surface area contributed by atoms with Gasteiger partial charge in [0, 0.05) is 10.4 Å². The molecule has 0 unspecified atom stereocenters. The lowest BCUT2D eigenvalue weighted by molar-refractivity contribution is -0.122. The van der Waals surface area contributed by atoms with Gasteiger partial charge in [0.1, 0.15) is 11.4 Å². The first-order valence-corrected chi connectivity index (χ1v) is 7.43. The van der Waals surface area contributed by atoms with Crippen molar-refractivity contribution in [2.45, 2.75) is 39.2 Å². The second-order valence-corrected chi connectivity index (χ2v) is 7.13. The minimum atomic E-state index is -0.250. The fourth-order valence-electron chi connectivity index (χ4n) is 1.88. The molecule has 1 N–H and O–H groups in total. The maximum atomic E-state index is 8.36. The monoisotopic (exact) mass is 396 g/mol. The lowest BCUT2D eigenvalue weighted by Crippen LogP contribution is -2.34. The van der Waals surface area contributed by atoms with Crippen LogP contribution in [0.25, 0.3) is 0 Å². The van der Waals surface area contributed by atoms with E-state index in [1.807, 2.05) is 18.2 Å². The lowest BCUT2D eigenvalue weighted by Gasteiger charge is -2.32. The number of carboxylic acid groups (broad SMARTS) is 1. The third-order valence-corrected chi connectivity index (χ3v) is 4.40. The number of ether oxygens (including phenoxy) is 1. The van der Waals surface area contributed by atoms with Gasteiger partial charge >= 0.3 is 0 Å². The van der Waals surface area contributed by atoms with Crippen LogP contribution in [-0.4, -0.2) is 17.2 Å². The van der Waals surface area contributed by atoms with Crippen LogP contribution in [0.4, 0.5) is 0 Å². The van der Waals surface area contributed by atoms with Crippen LogP contribution in [0.15, 0.2) is 18.2 Å². The first-order valence-electron chi connectivity index (χ1n) is 5.98. The smallest absolute Gasteiger partial charge is 0.290 e. The van der Waals surface area contributed by atoms with Crippen LogP contribution in [0.1, 0.15) is 33.6 Å². The van der Waals surface area contributed by atoms with Crippen LogP contribution in [0.2, 0.25) is 5.02 Å². The van der Waals surface area contributed by atoms with Gasteiger partial charge in [-0.1, -0.05) is 32.4 Å². The Balaban J connectivity index is 0.000000550. The second kappa shape index (κ2) is 6.31. The molecule has 0 radical (unpaired) electrons. The third kappa shape index (κ3) is 4.24. The van der Waals surface area contributed by atoms with Gasteiger partial charge in [0.25, 0.3) is 6.47 Å². The molecule has 1 aromatic rings. The molecule has 0 amide bonds. The molecule has 0 bridgehead atoms. The fourth-order valence-corrected chi connectivity index (χ4v) is 2.49. The van der Waals surface area contributed by atoms with Crippen molar-refractivity contribution in [1.82, 2.24) is 0 Å². The predicted octanol–water partition coefficient (Wildman–Crippen LogP) is 4.60. The third-order valence-electron chi connectivity index (χ3n) is 3.27. The van der Waals surface area contributed by atoms with E-state index in [0.717, 1.165) is 27.2 Å². The minimum Gasteiger partial charge on any atom is -0.486 e. The molecule has 3 nitrogen and oxygen atoms in total. The lowest BCUT2D eigenvalue weighted by atomic mass is 9.86. The largest absolute Gasteiger partial charge is 0.486 e. The Labute approximate surface area is 132 Å².